The first-order valence-electron chi connectivity index (χ1n) is 6.74. The van der Waals surface area contributed by atoms with Crippen molar-refractivity contribution in [2.75, 3.05) is 12.3 Å². The van der Waals surface area contributed by atoms with Crippen molar-refractivity contribution in [1.29, 1.82) is 0 Å². The molecule has 5 heteroatoms. The molecule has 1 aromatic rings. The van der Waals surface area contributed by atoms with Crippen molar-refractivity contribution in [1.82, 2.24) is 15.1 Å². The fourth-order valence-electron chi connectivity index (χ4n) is 2.58. The van der Waals surface area contributed by atoms with Gasteiger partial charge in [0.15, 0.2) is 0 Å². The zero-order chi connectivity index (χ0) is 13.0. The summed E-state index contributed by atoms with van der Waals surface area (Å²) in [5.74, 6) is 1.14. The molecule has 0 spiro atoms. The Balaban J connectivity index is 1.98. The highest BCUT2D eigenvalue weighted by Crippen LogP contribution is 2.33. The Labute approximate surface area is 122 Å². The van der Waals surface area contributed by atoms with E-state index in [0.29, 0.717) is 6.04 Å². The summed E-state index contributed by atoms with van der Waals surface area (Å²) in [7, 11) is 2.02. The lowest BCUT2D eigenvalue weighted by atomic mass is 10.2. The number of rotatable bonds is 6. The highest BCUT2D eigenvalue weighted by atomic mass is 79.9. The summed E-state index contributed by atoms with van der Waals surface area (Å²) in [5, 5.41) is 8.77. The van der Waals surface area contributed by atoms with Crippen molar-refractivity contribution in [2.45, 2.75) is 43.9 Å². The van der Waals surface area contributed by atoms with Crippen LogP contribution in [0.5, 0.6) is 0 Å². The summed E-state index contributed by atoms with van der Waals surface area (Å²) < 4.78 is 3.09. The smallest absolute Gasteiger partial charge is 0.0700 e. The number of aryl methyl sites for hydroxylation is 1. The number of nitrogens with zero attached hydrogens (tertiary/aromatic N) is 2. The normalized spacial score (nSPS) is 18.4. The molecule has 1 aromatic heterocycles. The zero-order valence-corrected chi connectivity index (χ0v) is 13.6. The molecule has 1 saturated carbocycles. The molecule has 3 nitrogen and oxygen atoms in total. The van der Waals surface area contributed by atoms with E-state index >= 15 is 0 Å². The van der Waals surface area contributed by atoms with Crippen molar-refractivity contribution < 1.29 is 0 Å². The second kappa shape index (κ2) is 6.96. The molecular formula is C13H22BrN3S. The molecule has 1 aliphatic rings. The zero-order valence-electron chi connectivity index (χ0n) is 11.2. The van der Waals surface area contributed by atoms with Gasteiger partial charge in [0.25, 0.3) is 0 Å². The Morgan fingerprint density at radius 1 is 1.56 bits per heavy atom. The summed E-state index contributed by atoms with van der Waals surface area (Å²) in [6, 6.07) is 0.391. The maximum atomic E-state index is 4.32. The summed E-state index contributed by atoms with van der Waals surface area (Å²) >= 11 is 5.73. The molecule has 2 rings (SSSR count). The van der Waals surface area contributed by atoms with E-state index in [4.69, 9.17) is 0 Å². The Morgan fingerprint density at radius 3 is 2.83 bits per heavy atom. The fourth-order valence-corrected chi connectivity index (χ4v) is 4.61. The molecule has 1 heterocycles. The quantitative estimate of drug-likeness (QED) is 0.865. The summed E-state index contributed by atoms with van der Waals surface area (Å²) in [6.45, 7) is 3.16. The molecule has 1 fully saturated rings. The lowest BCUT2D eigenvalue weighted by Gasteiger charge is -2.20. The topological polar surface area (TPSA) is 29.9 Å². The van der Waals surface area contributed by atoms with Gasteiger partial charge < -0.3 is 5.32 Å². The molecule has 0 amide bonds. The first kappa shape index (κ1) is 14.4. The van der Waals surface area contributed by atoms with Gasteiger partial charge >= 0.3 is 0 Å². The van der Waals surface area contributed by atoms with Crippen LogP contribution in [0.3, 0.4) is 0 Å². The van der Waals surface area contributed by atoms with Crippen LogP contribution in [0.25, 0.3) is 0 Å². The molecule has 102 valence electrons. The minimum Gasteiger partial charge on any atom is -0.308 e. The minimum atomic E-state index is 0.391. The van der Waals surface area contributed by atoms with E-state index in [1.54, 1.807) is 0 Å². The predicted octanol–water partition coefficient (Wildman–Crippen LogP) is 3.51. The average molecular weight is 332 g/mol. The lowest BCUT2D eigenvalue weighted by Crippen LogP contribution is -2.26. The number of halogens is 1. The van der Waals surface area contributed by atoms with E-state index in [-0.39, 0.29) is 0 Å². The highest BCUT2D eigenvalue weighted by Gasteiger charge is 2.21. The second-order valence-corrected chi connectivity index (χ2v) is 7.04. The molecule has 1 atom stereocenters. The molecule has 1 aliphatic carbocycles. The Hall–Kier alpha value is 0. The van der Waals surface area contributed by atoms with Crippen LogP contribution in [0.1, 0.15) is 44.3 Å². The second-order valence-electron chi connectivity index (χ2n) is 4.85. The van der Waals surface area contributed by atoms with Crippen molar-refractivity contribution in [3.63, 3.8) is 0 Å². The SMILES string of the molecule is CCNC(CSC1CCCC1)c1c(Br)cnn1C. The van der Waals surface area contributed by atoms with Crippen LogP contribution in [0.15, 0.2) is 10.7 Å². The third-order valence-electron chi connectivity index (χ3n) is 3.52. The largest absolute Gasteiger partial charge is 0.308 e. The Bertz CT molecular complexity index is 355. The molecule has 1 N–H and O–H groups in total. The van der Waals surface area contributed by atoms with E-state index in [1.165, 1.54) is 31.4 Å². The van der Waals surface area contributed by atoms with Crippen molar-refractivity contribution >= 4 is 27.7 Å². The van der Waals surface area contributed by atoms with Crippen LogP contribution in [-0.4, -0.2) is 27.3 Å². The van der Waals surface area contributed by atoms with Crippen LogP contribution in [-0.2, 0) is 7.05 Å². The highest BCUT2D eigenvalue weighted by molar-refractivity contribution is 9.10. The van der Waals surface area contributed by atoms with Gasteiger partial charge in [-0.05, 0) is 35.3 Å². The molecule has 0 aliphatic heterocycles. The summed E-state index contributed by atoms with van der Waals surface area (Å²) in [5.41, 5.74) is 1.27. The van der Waals surface area contributed by atoms with Gasteiger partial charge in [-0.3, -0.25) is 4.68 Å². The van der Waals surface area contributed by atoms with Gasteiger partial charge in [-0.25, -0.2) is 0 Å². The number of nitrogens with one attached hydrogen (secondary N) is 1. The van der Waals surface area contributed by atoms with E-state index in [9.17, 15) is 0 Å². The van der Waals surface area contributed by atoms with Crippen LogP contribution in [0.2, 0.25) is 0 Å². The number of thioether (sulfide) groups is 1. The minimum absolute atomic E-state index is 0.391. The monoisotopic (exact) mass is 331 g/mol. The van der Waals surface area contributed by atoms with Gasteiger partial charge in [0.2, 0.25) is 0 Å². The van der Waals surface area contributed by atoms with Crippen LogP contribution in [0.4, 0.5) is 0 Å². The third kappa shape index (κ3) is 3.52. The average Bonchev–Trinajstić information content (AvgIpc) is 2.96. The standard InChI is InChI=1S/C13H22BrN3S/c1-3-15-12(9-18-10-6-4-5-7-10)13-11(14)8-16-17(13)2/h8,10,12,15H,3-7,9H2,1-2H3. The van der Waals surface area contributed by atoms with Gasteiger partial charge in [0, 0.05) is 18.1 Å². The first-order valence-corrected chi connectivity index (χ1v) is 8.59. The van der Waals surface area contributed by atoms with E-state index in [2.05, 4.69) is 45.0 Å². The Kier molecular flexibility index (Phi) is 5.57. The van der Waals surface area contributed by atoms with Crippen molar-refractivity contribution in [3.05, 3.63) is 16.4 Å². The lowest BCUT2D eigenvalue weighted by molar-refractivity contribution is 0.550. The molecule has 0 aromatic carbocycles. The summed E-state index contributed by atoms with van der Waals surface area (Å²) in [4.78, 5) is 0. The molecule has 0 radical (unpaired) electrons. The number of hydrogen-bond acceptors (Lipinski definition) is 3. The van der Waals surface area contributed by atoms with Crippen molar-refractivity contribution in [3.8, 4) is 0 Å². The van der Waals surface area contributed by atoms with Gasteiger partial charge in [-0.1, -0.05) is 19.8 Å². The van der Waals surface area contributed by atoms with E-state index < -0.39 is 0 Å². The van der Waals surface area contributed by atoms with Gasteiger partial charge in [-0.2, -0.15) is 16.9 Å². The van der Waals surface area contributed by atoms with Crippen LogP contribution < -0.4 is 5.32 Å². The third-order valence-corrected chi connectivity index (χ3v) is 5.60. The number of hydrogen-bond donors (Lipinski definition) is 1. The van der Waals surface area contributed by atoms with Gasteiger partial charge in [-0.15, -0.1) is 0 Å². The molecule has 0 bridgehead atoms. The maximum Gasteiger partial charge on any atom is 0.0700 e. The first-order chi connectivity index (χ1) is 8.72. The van der Waals surface area contributed by atoms with Crippen LogP contribution >= 0.6 is 27.7 Å². The molecule has 18 heavy (non-hydrogen) atoms. The molecular weight excluding hydrogens is 310 g/mol. The fraction of sp³-hybridized carbons (Fsp3) is 0.769. The number of aromatic nitrogens is 2. The maximum absolute atomic E-state index is 4.32. The van der Waals surface area contributed by atoms with Gasteiger partial charge in [0.1, 0.15) is 0 Å². The molecule has 0 saturated heterocycles. The summed E-state index contributed by atoms with van der Waals surface area (Å²) in [6.07, 6.45) is 7.52. The van der Waals surface area contributed by atoms with E-state index in [1.807, 2.05) is 17.9 Å². The van der Waals surface area contributed by atoms with Crippen LogP contribution in [0, 0.1) is 0 Å². The van der Waals surface area contributed by atoms with E-state index in [0.717, 1.165) is 22.0 Å². The van der Waals surface area contributed by atoms with Gasteiger partial charge in [0.05, 0.1) is 22.4 Å². The predicted molar refractivity (Wildman–Crippen MR) is 82.0 cm³/mol. The van der Waals surface area contributed by atoms with Crippen molar-refractivity contribution in [2.24, 2.45) is 7.05 Å². The molecule has 1 unspecified atom stereocenters. The Morgan fingerprint density at radius 2 is 2.28 bits per heavy atom.